The molecule has 1 aromatic heterocycles. The Bertz CT molecular complexity index is 605. The first-order valence-corrected chi connectivity index (χ1v) is 5.62. The lowest BCUT2D eigenvalue weighted by atomic mass is 10.2. The number of benzene rings is 1. The largest absolute Gasteiger partial charge is 0.418 e. The van der Waals surface area contributed by atoms with Gasteiger partial charge in [0, 0.05) is 36.1 Å². The fourth-order valence-electron chi connectivity index (χ4n) is 1.76. The number of aromatic nitrogens is 1. The van der Waals surface area contributed by atoms with Gasteiger partial charge in [-0.25, -0.2) is 8.78 Å². The average Bonchev–Trinajstić information content (AvgIpc) is 2.79. The van der Waals surface area contributed by atoms with Crippen molar-refractivity contribution in [1.29, 1.82) is 0 Å². The molecule has 0 aliphatic rings. The molecular formula is C13H10F5NO. The maximum Gasteiger partial charge on any atom is 0.418 e. The molecule has 0 saturated carbocycles. The Hall–Kier alpha value is -1.89. The van der Waals surface area contributed by atoms with Crippen molar-refractivity contribution < 1.29 is 27.1 Å². The van der Waals surface area contributed by atoms with Crippen LogP contribution in [0.25, 0.3) is 0 Å². The third-order valence-electron chi connectivity index (χ3n) is 2.77. The van der Waals surface area contributed by atoms with E-state index in [1.165, 1.54) is 16.8 Å². The van der Waals surface area contributed by atoms with Crippen molar-refractivity contribution in [2.24, 2.45) is 0 Å². The molecule has 0 saturated heterocycles. The van der Waals surface area contributed by atoms with Crippen LogP contribution in [0, 0.1) is 11.6 Å². The van der Waals surface area contributed by atoms with E-state index in [2.05, 4.69) is 0 Å². The van der Waals surface area contributed by atoms with Crippen LogP contribution < -0.4 is 0 Å². The second-order valence-electron chi connectivity index (χ2n) is 4.30. The van der Waals surface area contributed by atoms with Crippen molar-refractivity contribution in [1.82, 2.24) is 4.57 Å². The average molecular weight is 291 g/mol. The minimum atomic E-state index is -4.76. The highest BCUT2D eigenvalue weighted by Gasteiger charge is 2.39. The van der Waals surface area contributed by atoms with E-state index >= 15 is 0 Å². The Morgan fingerprint density at radius 1 is 1.15 bits per heavy atom. The van der Waals surface area contributed by atoms with Crippen LogP contribution >= 0.6 is 0 Å². The van der Waals surface area contributed by atoms with E-state index in [1.807, 2.05) is 0 Å². The van der Waals surface area contributed by atoms with Crippen molar-refractivity contribution >= 4 is 0 Å². The number of aliphatic hydroxyl groups is 1. The van der Waals surface area contributed by atoms with Gasteiger partial charge in [-0.1, -0.05) is 6.07 Å². The zero-order valence-electron chi connectivity index (χ0n) is 10.0. The summed E-state index contributed by atoms with van der Waals surface area (Å²) in [6.07, 6.45) is -4.98. The van der Waals surface area contributed by atoms with Gasteiger partial charge in [0.25, 0.3) is 0 Å². The molecule has 1 unspecified atom stereocenters. The van der Waals surface area contributed by atoms with Crippen LogP contribution in [0.15, 0.2) is 36.7 Å². The van der Waals surface area contributed by atoms with Gasteiger partial charge in [-0.2, -0.15) is 13.2 Å². The van der Waals surface area contributed by atoms with E-state index in [9.17, 15) is 22.0 Å². The second-order valence-corrected chi connectivity index (χ2v) is 4.30. The van der Waals surface area contributed by atoms with Crippen molar-refractivity contribution in [3.05, 3.63) is 59.4 Å². The molecule has 2 nitrogen and oxygen atoms in total. The molecular weight excluding hydrogens is 281 g/mol. The van der Waals surface area contributed by atoms with E-state index in [1.54, 1.807) is 0 Å². The number of alkyl halides is 3. The molecule has 0 radical (unpaired) electrons. The Labute approximate surface area is 111 Å². The maximum atomic E-state index is 13.4. The van der Waals surface area contributed by atoms with Gasteiger partial charge in [-0.15, -0.1) is 0 Å². The lowest BCUT2D eigenvalue weighted by molar-refractivity contribution is -0.206. The van der Waals surface area contributed by atoms with Crippen LogP contribution in [0.2, 0.25) is 0 Å². The zero-order chi connectivity index (χ0) is 14.9. The number of nitrogens with zero attached hydrogens (tertiary/aromatic N) is 1. The topological polar surface area (TPSA) is 25.2 Å². The molecule has 0 aliphatic heterocycles. The highest BCUT2D eigenvalue weighted by molar-refractivity contribution is 5.21. The van der Waals surface area contributed by atoms with Crippen LogP contribution in [0.1, 0.15) is 17.2 Å². The summed E-state index contributed by atoms with van der Waals surface area (Å²) in [7, 11) is 0. The summed E-state index contributed by atoms with van der Waals surface area (Å²) in [5.41, 5.74) is -0.199. The second kappa shape index (κ2) is 5.24. The number of rotatable bonds is 3. The molecule has 0 amide bonds. The predicted octanol–water partition coefficient (Wildman–Crippen LogP) is 3.41. The Morgan fingerprint density at radius 3 is 2.45 bits per heavy atom. The SMILES string of the molecule is OC(c1ccn(Cc2ccc(F)cc2F)c1)C(F)(F)F. The summed E-state index contributed by atoms with van der Waals surface area (Å²) in [6, 6.07) is 4.07. The summed E-state index contributed by atoms with van der Waals surface area (Å²) in [4.78, 5) is 0. The normalized spacial score (nSPS) is 13.5. The van der Waals surface area contributed by atoms with Gasteiger partial charge >= 0.3 is 6.18 Å². The van der Waals surface area contributed by atoms with Crippen LogP contribution in [0.4, 0.5) is 22.0 Å². The van der Waals surface area contributed by atoms with Gasteiger partial charge in [0.15, 0.2) is 6.10 Å². The standard InChI is InChI=1S/C13H10F5NO/c14-10-2-1-8(11(15)5-10)6-19-4-3-9(7-19)12(20)13(16,17)18/h1-5,7,12,20H,6H2. The molecule has 0 bridgehead atoms. The third-order valence-corrected chi connectivity index (χ3v) is 2.77. The van der Waals surface area contributed by atoms with Crippen LogP contribution in [0.5, 0.6) is 0 Å². The minimum absolute atomic E-state index is 0.0588. The summed E-state index contributed by atoms with van der Waals surface area (Å²) in [6.45, 7) is -0.0588. The number of hydrogen-bond acceptors (Lipinski definition) is 1. The zero-order valence-corrected chi connectivity index (χ0v) is 10.0. The molecule has 1 atom stereocenters. The summed E-state index contributed by atoms with van der Waals surface area (Å²) in [5.74, 6) is -1.51. The summed E-state index contributed by atoms with van der Waals surface area (Å²) >= 11 is 0. The van der Waals surface area contributed by atoms with Gasteiger partial charge in [0.2, 0.25) is 0 Å². The molecule has 2 rings (SSSR count). The molecule has 108 valence electrons. The highest BCUT2D eigenvalue weighted by Crippen LogP contribution is 2.32. The molecule has 1 N–H and O–H groups in total. The molecule has 0 spiro atoms. The fraction of sp³-hybridized carbons (Fsp3) is 0.231. The van der Waals surface area contributed by atoms with E-state index < -0.39 is 23.9 Å². The van der Waals surface area contributed by atoms with Crippen molar-refractivity contribution in [2.45, 2.75) is 18.8 Å². The Kier molecular flexibility index (Phi) is 3.80. The van der Waals surface area contributed by atoms with Gasteiger partial charge in [0.1, 0.15) is 11.6 Å². The van der Waals surface area contributed by atoms with Crippen LogP contribution in [-0.2, 0) is 6.54 Å². The molecule has 7 heteroatoms. The van der Waals surface area contributed by atoms with E-state index in [-0.39, 0.29) is 17.7 Å². The number of aliphatic hydroxyl groups excluding tert-OH is 1. The van der Waals surface area contributed by atoms with Gasteiger partial charge in [-0.05, 0) is 12.1 Å². The monoisotopic (exact) mass is 291 g/mol. The number of hydrogen-bond donors (Lipinski definition) is 1. The van der Waals surface area contributed by atoms with Crippen molar-refractivity contribution in [2.75, 3.05) is 0 Å². The van der Waals surface area contributed by atoms with Gasteiger partial charge in [-0.3, -0.25) is 0 Å². The molecule has 0 aliphatic carbocycles. The predicted molar refractivity (Wildman–Crippen MR) is 60.9 cm³/mol. The van der Waals surface area contributed by atoms with E-state index in [0.29, 0.717) is 6.07 Å². The smallest absolute Gasteiger partial charge is 0.379 e. The van der Waals surface area contributed by atoms with Gasteiger partial charge < -0.3 is 9.67 Å². The van der Waals surface area contributed by atoms with E-state index in [4.69, 9.17) is 5.11 Å². The summed E-state index contributed by atoms with van der Waals surface area (Å²) in [5, 5.41) is 9.07. The number of halogens is 5. The quantitative estimate of drug-likeness (QED) is 0.861. The van der Waals surface area contributed by atoms with Crippen LogP contribution in [0.3, 0.4) is 0 Å². The molecule has 1 heterocycles. The minimum Gasteiger partial charge on any atom is -0.379 e. The summed E-state index contributed by atoms with van der Waals surface area (Å²) < 4.78 is 64.4. The Morgan fingerprint density at radius 2 is 1.85 bits per heavy atom. The van der Waals surface area contributed by atoms with Crippen molar-refractivity contribution in [3.63, 3.8) is 0 Å². The highest BCUT2D eigenvalue weighted by atomic mass is 19.4. The first-order chi connectivity index (χ1) is 9.27. The molecule has 0 fully saturated rings. The first kappa shape index (κ1) is 14.5. The fourth-order valence-corrected chi connectivity index (χ4v) is 1.76. The lowest BCUT2D eigenvalue weighted by Crippen LogP contribution is -2.19. The molecule has 20 heavy (non-hydrogen) atoms. The van der Waals surface area contributed by atoms with Gasteiger partial charge in [0.05, 0.1) is 0 Å². The molecule has 2 aromatic rings. The first-order valence-electron chi connectivity index (χ1n) is 5.62. The Balaban J connectivity index is 2.18. The third kappa shape index (κ3) is 3.16. The molecule has 1 aromatic carbocycles. The lowest BCUT2D eigenvalue weighted by Gasteiger charge is -2.12. The van der Waals surface area contributed by atoms with E-state index in [0.717, 1.165) is 18.3 Å². The van der Waals surface area contributed by atoms with Crippen LogP contribution in [-0.4, -0.2) is 15.8 Å². The van der Waals surface area contributed by atoms with Crippen molar-refractivity contribution in [3.8, 4) is 0 Å². The maximum absolute atomic E-state index is 13.4.